The molecule has 0 radical (unpaired) electrons. The molecule has 11 heavy (non-hydrogen) atoms. The van der Waals surface area contributed by atoms with Crippen molar-refractivity contribution in [3.8, 4) is 6.07 Å². The van der Waals surface area contributed by atoms with Crippen molar-refractivity contribution in [2.75, 3.05) is 27.3 Å². The van der Waals surface area contributed by atoms with Gasteiger partial charge in [0.15, 0.2) is 0 Å². The first-order valence-corrected chi connectivity index (χ1v) is 3.86. The lowest BCUT2D eigenvalue weighted by Crippen LogP contribution is -2.43. The van der Waals surface area contributed by atoms with Gasteiger partial charge in [0, 0.05) is 7.11 Å². The second-order valence-electron chi connectivity index (χ2n) is 3.10. The number of rotatable bonds is 2. The normalized spacial score (nSPS) is 32.1. The molecule has 0 aromatic rings. The summed E-state index contributed by atoms with van der Waals surface area (Å²) < 4.78 is 5.03. The van der Waals surface area contributed by atoms with Gasteiger partial charge in [-0.05, 0) is 26.4 Å². The van der Waals surface area contributed by atoms with Crippen LogP contribution in [-0.2, 0) is 4.74 Å². The number of nitriles is 1. The first-order chi connectivity index (χ1) is 5.25. The van der Waals surface area contributed by atoms with E-state index in [0.29, 0.717) is 6.61 Å². The topological polar surface area (TPSA) is 36.3 Å². The summed E-state index contributed by atoms with van der Waals surface area (Å²) in [6, 6.07) is 2.33. The number of ether oxygens (including phenoxy) is 1. The average molecular weight is 154 g/mol. The van der Waals surface area contributed by atoms with Crippen LogP contribution in [0.5, 0.6) is 0 Å². The van der Waals surface area contributed by atoms with Gasteiger partial charge in [-0.2, -0.15) is 5.26 Å². The second-order valence-corrected chi connectivity index (χ2v) is 3.10. The molecule has 3 nitrogen and oxygen atoms in total. The minimum atomic E-state index is -0.339. The van der Waals surface area contributed by atoms with Gasteiger partial charge in [-0.25, -0.2) is 0 Å². The zero-order valence-electron chi connectivity index (χ0n) is 7.13. The highest BCUT2D eigenvalue weighted by Crippen LogP contribution is 2.26. The lowest BCUT2D eigenvalue weighted by atomic mass is 10.0. The summed E-state index contributed by atoms with van der Waals surface area (Å²) in [6.45, 7) is 1.54. The van der Waals surface area contributed by atoms with Gasteiger partial charge in [-0.15, -0.1) is 0 Å². The van der Waals surface area contributed by atoms with Crippen molar-refractivity contribution in [2.24, 2.45) is 0 Å². The van der Waals surface area contributed by atoms with E-state index in [4.69, 9.17) is 10.00 Å². The molecule has 1 unspecified atom stereocenters. The van der Waals surface area contributed by atoms with Gasteiger partial charge in [0.05, 0.1) is 12.7 Å². The Hall–Kier alpha value is -0.590. The maximum Gasteiger partial charge on any atom is 0.132 e. The van der Waals surface area contributed by atoms with Gasteiger partial charge >= 0.3 is 0 Å². The van der Waals surface area contributed by atoms with Crippen LogP contribution in [0.25, 0.3) is 0 Å². The fraction of sp³-hybridized carbons (Fsp3) is 0.875. The molecule has 3 heteroatoms. The molecule has 1 heterocycles. The summed E-state index contributed by atoms with van der Waals surface area (Å²) in [5, 5.41) is 8.95. The van der Waals surface area contributed by atoms with E-state index in [9.17, 15) is 0 Å². The lowest BCUT2D eigenvalue weighted by Gasteiger charge is -2.27. The van der Waals surface area contributed by atoms with Crippen molar-refractivity contribution in [3.05, 3.63) is 0 Å². The van der Waals surface area contributed by atoms with Crippen LogP contribution < -0.4 is 0 Å². The van der Waals surface area contributed by atoms with Crippen LogP contribution in [-0.4, -0.2) is 37.7 Å². The van der Waals surface area contributed by atoms with Gasteiger partial charge in [-0.1, -0.05) is 0 Å². The predicted octanol–water partition coefficient (Wildman–Crippen LogP) is 0.621. The number of nitrogens with zero attached hydrogens (tertiary/aromatic N) is 2. The van der Waals surface area contributed by atoms with Crippen LogP contribution in [0.3, 0.4) is 0 Å². The van der Waals surface area contributed by atoms with E-state index in [1.54, 1.807) is 7.11 Å². The van der Waals surface area contributed by atoms with Crippen molar-refractivity contribution in [1.82, 2.24) is 4.90 Å². The number of likely N-dealkylation sites (tertiary alicyclic amines) is 1. The van der Waals surface area contributed by atoms with Gasteiger partial charge in [-0.3, -0.25) is 4.90 Å². The Kier molecular flexibility index (Phi) is 2.48. The van der Waals surface area contributed by atoms with Crippen LogP contribution in [0.1, 0.15) is 12.8 Å². The molecule has 1 rings (SSSR count). The molecule has 62 valence electrons. The highest BCUT2D eigenvalue weighted by Gasteiger charge is 2.38. The van der Waals surface area contributed by atoms with E-state index in [0.717, 1.165) is 19.4 Å². The lowest BCUT2D eigenvalue weighted by molar-refractivity contribution is 0.0895. The first kappa shape index (κ1) is 8.51. The van der Waals surface area contributed by atoms with Gasteiger partial charge in [0.1, 0.15) is 5.54 Å². The number of hydrogen-bond donors (Lipinski definition) is 0. The third kappa shape index (κ3) is 1.37. The molecule has 0 aromatic carbocycles. The summed E-state index contributed by atoms with van der Waals surface area (Å²) >= 11 is 0. The Bertz CT molecular complexity index is 175. The van der Waals surface area contributed by atoms with E-state index >= 15 is 0 Å². The zero-order valence-corrected chi connectivity index (χ0v) is 7.13. The van der Waals surface area contributed by atoms with Crippen LogP contribution in [0.2, 0.25) is 0 Å². The monoisotopic (exact) mass is 154 g/mol. The Balaban J connectivity index is 2.67. The fourth-order valence-electron chi connectivity index (χ4n) is 1.61. The third-order valence-corrected chi connectivity index (χ3v) is 2.41. The smallest absolute Gasteiger partial charge is 0.132 e. The quantitative estimate of drug-likeness (QED) is 0.585. The van der Waals surface area contributed by atoms with Gasteiger partial charge in [0.2, 0.25) is 0 Å². The SMILES string of the molecule is COCC1(C#N)CCCN1C. The molecule has 0 amide bonds. The largest absolute Gasteiger partial charge is 0.382 e. The molecule has 1 atom stereocenters. The van der Waals surface area contributed by atoms with E-state index in [1.165, 1.54) is 0 Å². The Morgan fingerprint density at radius 3 is 2.82 bits per heavy atom. The Morgan fingerprint density at radius 2 is 2.45 bits per heavy atom. The number of hydrogen-bond acceptors (Lipinski definition) is 3. The minimum absolute atomic E-state index is 0.339. The maximum absolute atomic E-state index is 8.95. The van der Waals surface area contributed by atoms with E-state index in [2.05, 4.69) is 11.0 Å². The summed E-state index contributed by atoms with van der Waals surface area (Å²) in [6.07, 6.45) is 2.04. The molecule has 0 saturated carbocycles. The molecule has 0 aromatic heterocycles. The predicted molar refractivity (Wildman–Crippen MR) is 42.1 cm³/mol. The molecule has 0 N–H and O–H groups in total. The highest BCUT2D eigenvalue weighted by atomic mass is 16.5. The molecule has 1 fully saturated rings. The molecule has 0 spiro atoms. The molecule has 0 aliphatic carbocycles. The molecule has 1 saturated heterocycles. The molecular formula is C8H14N2O. The van der Waals surface area contributed by atoms with Crippen LogP contribution in [0, 0.1) is 11.3 Å². The summed E-state index contributed by atoms with van der Waals surface area (Å²) in [4.78, 5) is 2.08. The highest BCUT2D eigenvalue weighted by molar-refractivity contribution is 5.10. The Morgan fingerprint density at radius 1 is 1.73 bits per heavy atom. The molecule has 0 bridgehead atoms. The van der Waals surface area contributed by atoms with E-state index < -0.39 is 0 Å². The summed E-state index contributed by atoms with van der Waals surface area (Å²) in [7, 11) is 3.63. The van der Waals surface area contributed by atoms with Crippen molar-refractivity contribution in [1.29, 1.82) is 5.26 Å². The van der Waals surface area contributed by atoms with Crippen LogP contribution >= 0.6 is 0 Å². The van der Waals surface area contributed by atoms with Gasteiger partial charge in [0.25, 0.3) is 0 Å². The maximum atomic E-state index is 8.95. The third-order valence-electron chi connectivity index (χ3n) is 2.41. The second kappa shape index (κ2) is 3.21. The van der Waals surface area contributed by atoms with Crippen LogP contribution in [0.4, 0.5) is 0 Å². The minimum Gasteiger partial charge on any atom is -0.382 e. The van der Waals surface area contributed by atoms with Crippen molar-refractivity contribution < 1.29 is 4.74 Å². The van der Waals surface area contributed by atoms with Crippen molar-refractivity contribution in [2.45, 2.75) is 18.4 Å². The van der Waals surface area contributed by atoms with Crippen LogP contribution in [0.15, 0.2) is 0 Å². The summed E-state index contributed by atoms with van der Waals surface area (Å²) in [5.74, 6) is 0. The van der Waals surface area contributed by atoms with E-state index in [1.807, 2.05) is 7.05 Å². The molecular weight excluding hydrogens is 140 g/mol. The van der Waals surface area contributed by atoms with Gasteiger partial charge < -0.3 is 4.74 Å². The summed E-state index contributed by atoms with van der Waals surface area (Å²) in [5.41, 5.74) is -0.339. The number of methoxy groups -OCH3 is 1. The van der Waals surface area contributed by atoms with Crippen molar-refractivity contribution in [3.63, 3.8) is 0 Å². The first-order valence-electron chi connectivity index (χ1n) is 3.86. The van der Waals surface area contributed by atoms with Crippen molar-refractivity contribution >= 4 is 0 Å². The Labute approximate surface area is 67.6 Å². The molecule has 1 aliphatic heterocycles. The number of likely N-dealkylation sites (N-methyl/N-ethyl adjacent to an activating group) is 1. The van der Waals surface area contributed by atoms with E-state index in [-0.39, 0.29) is 5.54 Å². The zero-order chi connectivity index (χ0) is 8.32. The standard InChI is InChI=1S/C8H14N2O/c1-10-5-3-4-8(10,6-9)7-11-2/h3-5,7H2,1-2H3. The average Bonchev–Trinajstić information content (AvgIpc) is 2.35. The fourth-order valence-corrected chi connectivity index (χ4v) is 1.61. The molecule has 1 aliphatic rings.